The predicted octanol–water partition coefficient (Wildman–Crippen LogP) is 3.21. The second-order valence-electron chi connectivity index (χ2n) is 6.90. The Kier molecular flexibility index (Phi) is 3.79. The molecule has 0 aliphatic carbocycles. The minimum atomic E-state index is 0.0636. The van der Waals surface area contributed by atoms with Gasteiger partial charge in [0.1, 0.15) is 0 Å². The van der Waals surface area contributed by atoms with Crippen molar-refractivity contribution >= 4 is 16.9 Å². The minimum Gasteiger partial charge on any atom is -0.338 e. The number of rotatable bonds is 2. The maximum atomic E-state index is 12.9. The van der Waals surface area contributed by atoms with Gasteiger partial charge in [0.2, 0.25) is 0 Å². The van der Waals surface area contributed by atoms with E-state index in [2.05, 4.69) is 41.3 Å². The van der Waals surface area contributed by atoms with E-state index in [0.29, 0.717) is 11.5 Å². The number of fused-ring (bicyclic) bond motifs is 1. The van der Waals surface area contributed by atoms with Crippen molar-refractivity contribution in [3.05, 3.63) is 58.9 Å². The third-order valence-electron chi connectivity index (χ3n) is 5.21. The molecular weight excluding hydrogens is 312 g/mol. The minimum absolute atomic E-state index is 0.0636. The largest absolute Gasteiger partial charge is 0.338 e. The van der Waals surface area contributed by atoms with E-state index in [-0.39, 0.29) is 5.91 Å². The molecule has 3 heterocycles. The molecule has 0 N–H and O–H groups in total. The van der Waals surface area contributed by atoms with Crippen molar-refractivity contribution in [2.24, 2.45) is 7.05 Å². The number of likely N-dealkylation sites (tertiary alicyclic amines) is 1. The highest BCUT2D eigenvalue weighted by Gasteiger charge is 2.29. The first kappa shape index (κ1) is 15.8. The van der Waals surface area contributed by atoms with E-state index in [1.165, 1.54) is 11.1 Å². The van der Waals surface area contributed by atoms with Crippen molar-refractivity contribution in [3.8, 4) is 0 Å². The summed E-state index contributed by atoms with van der Waals surface area (Å²) >= 11 is 0. The first-order valence-electron chi connectivity index (χ1n) is 8.68. The zero-order valence-corrected chi connectivity index (χ0v) is 14.9. The van der Waals surface area contributed by atoms with Crippen molar-refractivity contribution in [2.45, 2.75) is 26.2 Å². The van der Waals surface area contributed by atoms with Crippen molar-refractivity contribution in [3.63, 3.8) is 0 Å². The molecule has 1 amide bonds. The van der Waals surface area contributed by atoms with E-state index >= 15 is 0 Å². The van der Waals surface area contributed by atoms with Crippen molar-refractivity contribution in [1.29, 1.82) is 0 Å². The number of carbonyl (C=O) groups excluding carboxylic acids is 1. The summed E-state index contributed by atoms with van der Waals surface area (Å²) in [6.07, 6.45) is 2.69. The number of carbonyl (C=O) groups is 1. The van der Waals surface area contributed by atoms with Crippen LogP contribution in [0.25, 0.3) is 11.0 Å². The van der Waals surface area contributed by atoms with Gasteiger partial charge in [0, 0.05) is 37.6 Å². The smallest absolute Gasteiger partial charge is 0.255 e. The van der Waals surface area contributed by atoms with Crippen LogP contribution in [0.2, 0.25) is 0 Å². The van der Waals surface area contributed by atoms with Crippen LogP contribution in [0.5, 0.6) is 0 Å². The summed E-state index contributed by atoms with van der Waals surface area (Å²) in [4.78, 5) is 19.3. The molecule has 1 aromatic carbocycles. The molecule has 0 spiro atoms. The van der Waals surface area contributed by atoms with Gasteiger partial charge in [0.25, 0.3) is 5.91 Å². The number of aryl methyl sites for hydroxylation is 3. The fraction of sp³-hybridized carbons (Fsp3) is 0.350. The van der Waals surface area contributed by atoms with Gasteiger partial charge in [0.15, 0.2) is 5.65 Å². The SMILES string of the molecule is Cc1ccccc1C1CCN(C(=O)c2cnc3c(c2)c(C)nn3C)C1. The van der Waals surface area contributed by atoms with Gasteiger partial charge in [-0.2, -0.15) is 5.10 Å². The molecule has 5 nitrogen and oxygen atoms in total. The first-order valence-corrected chi connectivity index (χ1v) is 8.68. The summed E-state index contributed by atoms with van der Waals surface area (Å²) in [6, 6.07) is 10.4. The van der Waals surface area contributed by atoms with Gasteiger partial charge >= 0.3 is 0 Å². The lowest BCUT2D eigenvalue weighted by molar-refractivity contribution is 0.0790. The second kappa shape index (κ2) is 5.99. The van der Waals surface area contributed by atoms with Gasteiger partial charge in [-0.05, 0) is 37.5 Å². The van der Waals surface area contributed by atoms with Crippen LogP contribution in [-0.4, -0.2) is 38.7 Å². The van der Waals surface area contributed by atoms with Crippen molar-refractivity contribution in [1.82, 2.24) is 19.7 Å². The quantitative estimate of drug-likeness (QED) is 0.723. The van der Waals surface area contributed by atoms with E-state index in [9.17, 15) is 4.79 Å². The van der Waals surface area contributed by atoms with E-state index in [4.69, 9.17) is 0 Å². The molecular formula is C20H22N4O. The van der Waals surface area contributed by atoms with Crippen LogP contribution in [0, 0.1) is 13.8 Å². The normalized spacial score (nSPS) is 17.4. The Balaban J connectivity index is 1.58. The molecule has 1 atom stereocenters. The van der Waals surface area contributed by atoms with Crippen LogP contribution >= 0.6 is 0 Å². The topological polar surface area (TPSA) is 51.0 Å². The average Bonchev–Trinajstić information content (AvgIpc) is 3.20. The highest BCUT2D eigenvalue weighted by molar-refractivity contribution is 5.97. The molecule has 1 saturated heterocycles. The lowest BCUT2D eigenvalue weighted by Crippen LogP contribution is -2.28. The number of aromatic nitrogens is 3. The van der Waals surface area contributed by atoms with Crippen molar-refractivity contribution in [2.75, 3.05) is 13.1 Å². The summed E-state index contributed by atoms with van der Waals surface area (Å²) < 4.78 is 1.75. The number of nitrogens with zero attached hydrogens (tertiary/aromatic N) is 4. The highest BCUT2D eigenvalue weighted by Crippen LogP contribution is 2.30. The van der Waals surface area contributed by atoms with Gasteiger partial charge in [-0.3, -0.25) is 9.48 Å². The fourth-order valence-electron chi connectivity index (χ4n) is 3.85. The van der Waals surface area contributed by atoms with Gasteiger partial charge in [-0.25, -0.2) is 4.98 Å². The van der Waals surface area contributed by atoms with E-state index in [1.807, 2.05) is 24.9 Å². The van der Waals surface area contributed by atoms with E-state index in [1.54, 1.807) is 10.9 Å². The maximum Gasteiger partial charge on any atom is 0.255 e. The second-order valence-corrected chi connectivity index (χ2v) is 6.90. The first-order chi connectivity index (χ1) is 12.0. The fourth-order valence-corrected chi connectivity index (χ4v) is 3.85. The average molecular weight is 334 g/mol. The zero-order valence-electron chi connectivity index (χ0n) is 14.9. The number of hydrogen-bond acceptors (Lipinski definition) is 3. The highest BCUT2D eigenvalue weighted by atomic mass is 16.2. The lowest BCUT2D eigenvalue weighted by Gasteiger charge is -2.17. The van der Waals surface area contributed by atoms with E-state index in [0.717, 1.165) is 36.2 Å². The van der Waals surface area contributed by atoms with Crippen LogP contribution in [0.15, 0.2) is 36.5 Å². The number of hydrogen-bond donors (Lipinski definition) is 0. The Hall–Kier alpha value is -2.69. The predicted molar refractivity (Wildman–Crippen MR) is 97.7 cm³/mol. The molecule has 4 rings (SSSR count). The molecule has 1 aliphatic heterocycles. The summed E-state index contributed by atoms with van der Waals surface area (Å²) in [6.45, 7) is 5.65. The molecule has 1 aliphatic rings. The van der Waals surface area contributed by atoms with Gasteiger partial charge in [0.05, 0.1) is 11.3 Å². The van der Waals surface area contributed by atoms with E-state index < -0.39 is 0 Å². The number of amides is 1. The summed E-state index contributed by atoms with van der Waals surface area (Å²) in [5.74, 6) is 0.482. The molecule has 0 radical (unpaired) electrons. The van der Waals surface area contributed by atoms with Crippen LogP contribution in [-0.2, 0) is 7.05 Å². The molecule has 128 valence electrons. The van der Waals surface area contributed by atoms with Crippen LogP contribution in [0.3, 0.4) is 0 Å². The summed E-state index contributed by atoms with van der Waals surface area (Å²) in [5, 5.41) is 5.33. The molecule has 1 fully saturated rings. The van der Waals surface area contributed by atoms with Gasteiger partial charge in [-0.15, -0.1) is 0 Å². The van der Waals surface area contributed by atoms with Gasteiger partial charge < -0.3 is 4.90 Å². The Labute approximate surface area is 147 Å². The Morgan fingerprint density at radius 3 is 2.84 bits per heavy atom. The third-order valence-corrected chi connectivity index (χ3v) is 5.21. The molecule has 2 aromatic heterocycles. The monoisotopic (exact) mass is 334 g/mol. The molecule has 0 bridgehead atoms. The lowest BCUT2D eigenvalue weighted by atomic mass is 9.94. The molecule has 3 aromatic rings. The third kappa shape index (κ3) is 2.69. The van der Waals surface area contributed by atoms with Crippen LogP contribution in [0.1, 0.15) is 39.5 Å². The summed E-state index contributed by atoms with van der Waals surface area (Å²) in [5.41, 5.74) is 5.02. The molecule has 5 heteroatoms. The molecule has 25 heavy (non-hydrogen) atoms. The van der Waals surface area contributed by atoms with Crippen LogP contribution < -0.4 is 0 Å². The van der Waals surface area contributed by atoms with Crippen molar-refractivity contribution < 1.29 is 4.79 Å². The number of pyridine rings is 1. The van der Waals surface area contributed by atoms with Crippen LogP contribution in [0.4, 0.5) is 0 Å². The zero-order chi connectivity index (χ0) is 17.6. The Bertz CT molecular complexity index is 959. The molecule has 1 unspecified atom stereocenters. The number of benzene rings is 1. The maximum absolute atomic E-state index is 12.9. The summed E-state index contributed by atoms with van der Waals surface area (Å²) in [7, 11) is 1.87. The van der Waals surface area contributed by atoms with Gasteiger partial charge in [-0.1, -0.05) is 24.3 Å². The Morgan fingerprint density at radius 2 is 2.04 bits per heavy atom. The Morgan fingerprint density at radius 1 is 1.24 bits per heavy atom. The molecule has 0 saturated carbocycles. The standard InChI is InChI=1S/C20H22N4O/c1-13-6-4-5-7-17(13)15-8-9-24(12-15)20(25)16-10-18-14(2)22-23(3)19(18)21-11-16/h4-7,10-11,15H,8-9,12H2,1-3H3.